The largest absolute Gasteiger partial charge is 0.466 e. The Labute approximate surface area is 231 Å². The second-order valence-electron chi connectivity index (χ2n) is 9.56. The molecule has 0 unspecified atom stereocenters. The van der Waals surface area contributed by atoms with Crippen LogP contribution in [0.4, 0.5) is 10.1 Å². The normalized spacial score (nSPS) is 18.2. The van der Waals surface area contributed by atoms with Crippen LogP contribution in [0.25, 0.3) is 6.08 Å². The van der Waals surface area contributed by atoms with Gasteiger partial charge in [-0.15, -0.1) is 0 Å². The van der Waals surface area contributed by atoms with Crippen LogP contribution in [0.1, 0.15) is 41.3 Å². The Morgan fingerprint density at radius 3 is 2.59 bits per heavy atom. The molecule has 2 aliphatic rings. The summed E-state index contributed by atoms with van der Waals surface area (Å²) in [6.07, 6.45) is 3.27. The zero-order chi connectivity index (χ0) is 27.4. The van der Waals surface area contributed by atoms with E-state index in [4.69, 9.17) is 4.74 Å². The van der Waals surface area contributed by atoms with E-state index in [1.165, 1.54) is 23.9 Å². The topological polar surface area (TPSA) is 66.9 Å². The molecule has 8 heteroatoms. The van der Waals surface area contributed by atoms with Crippen LogP contribution in [0, 0.1) is 11.7 Å². The minimum atomic E-state index is -0.347. The number of hydrogen-bond donors (Lipinski definition) is 0. The third-order valence-electron chi connectivity index (χ3n) is 6.85. The number of halogens is 1. The van der Waals surface area contributed by atoms with Crippen molar-refractivity contribution in [3.63, 3.8) is 0 Å². The van der Waals surface area contributed by atoms with E-state index in [0.717, 1.165) is 22.4 Å². The van der Waals surface area contributed by atoms with E-state index in [2.05, 4.69) is 0 Å². The molecule has 0 spiro atoms. The Kier molecular flexibility index (Phi) is 8.12. The number of thioether (sulfide) groups is 1. The van der Waals surface area contributed by atoms with Gasteiger partial charge in [0, 0.05) is 23.5 Å². The van der Waals surface area contributed by atoms with E-state index >= 15 is 0 Å². The molecule has 3 aromatic rings. The first-order valence-electron chi connectivity index (χ1n) is 13.0. The SMILES string of the molecule is CCOC(=O)[C@@H]1CCCN(C(=O)c2ccc3c(c2)N(Cc2ccc(F)cc2)C(=O)/C(=C/c2ccccc2)S3)C1. The number of likely N-dealkylation sites (tertiary alicyclic amines) is 1. The van der Waals surface area contributed by atoms with Crippen LogP contribution in [-0.4, -0.2) is 42.4 Å². The maximum Gasteiger partial charge on any atom is 0.310 e. The summed E-state index contributed by atoms with van der Waals surface area (Å²) in [5, 5.41) is 0. The summed E-state index contributed by atoms with van der Waals surface area (Å²) in [4.78, 5) is 44.3. The van der Waals surface area contributed by atoms with Gasteiger partial charge in [-0.25, -0.2) is 4.39 Å². The molecule has 3 aromatic carbocycles. The number of nitrogens with zero attached hydrogens (tertiary/aromatic N) is 2. The van der Waals surface area contributed by atoms with Gasteiger partial charge in [0.2, 0.25) is 0 Å². The molecule has 1 atom stereocenters. The lowest BCUT2D eigenvalue weighted by atomic mass is 9.97. The maximum absolute atomic E-state index is 13.7. The van der Waals surface area contributed by atoms with Crippen LogP contribution in [-0.2, 0) is 20.9 Å². The molecule has 0 aliphatic carbocycles. The van der Waals surface area contributed by atoms with Gasteiger partial charge >= 0.3 is 5.97 Å². The van der Waals surface area contributed by atoms with Gasteiger partial charge in [0.25, 0.3) is 11.8 Å². The standard InChI is InChI=1S/C31H29FN2O4S/c1-2-38-31(37)24-9-6-16-33(20-24)29(35)23-12-15-27-26(18-23)34(19-22-10-13-25(32)14-11-22)30(36)28(39-27)17-21-7-4-3-5-8-21/h3-5,7-8,10-15,17-18,24H,2,6,9,16,19-20H2,1H3/b28-17-/t24-/m1/s1. The lowest BCUT2D eigenvalue weighted by Crippen LogP contribution is -2.43. The first-order valence-corrected chi connectivity index (χ1v) is 13.9. The van der Waals surface area contributed by atoms with E-state index < -0.39 is 0 Å². The fraction of sp³-hybridized carbons (Fsp3) is 0.258. The first kappa shape index (κ1) is 26.7. The van der Waals surface area contributed by atoms with Crippen LogP contribution in [0.2, 0.25) is 0 Å². The van der Waals surface area contributed by atoms with Crippen molar-refractivity contribution in [3.05, 3.63) is 100 Å². The Hall–Kier alpha value is -3.91. The van der Waals surface area contributed by atoms with Gasteiger partial charge in [0.05, 0.1) is 29.7 Å². The van der Waals surface area contributed by atoms with E-state index in [1.807, 2.05) is 42.5 Å². The average molecular weight is 545 g/mol. The highest BCUT2D eigenvalue weighted by atomic mass is 32.2. The lowest BCUT2D eigenvalue weighted by molar-refractivity contribution is -0.149. The van der Waals surface area contributed by atoms with Crippen molar-refractivity contribution < 1.29 is 23.5 Å². The molecule has 2 aliphatic heterocycles. The van der Waals surface area contributed by atoms with Crippen molar-refractivity contribution in [1.82, 2.24) is 4.90 Å². The molecule has 39 heavy (non-hydrogen) atoms. The Morgan fingerprint density at radius 1 is 1.08 bits per heavy atom. The first-order chi connectivity index (χ1) is 18.9. The minimum Gasteiger partial charge on any atom is -0.466 e. The van der Waals surface area contributed by atoms with Crippen molar-refractivity contribution in [3.8, 4) is 0 Å². The number of carbonyl (C=O) groups is 3. The van der Waals surface area contributed by atoms with Gasteiger partial charge in [-0.05, 0) is 67.3 Å². The third-order valence-corrected chi connectivity index (χ3v) is 7.93. The second-order valence-corrected chi connectivity index (χ2v) is 10.6. The molecular weight excluding hydrogens is 515 g/mol. The van der Waals surface area contributed by atoms with Crippen LogP contribution in [0.5, 0.6) is 0 Å². The molecule has 2 heterocycles. The third kappa shape index (κ3) is 6.06. The molecule has 0 saturated carbocycles. The monoisotopic (exact) mass is 544 g/mol. The Balaban J connectivity index is 1.46. The number of benzene rings is 3. The highest BCUT2D eigenvalue weighted by molar-refractivity contribution is 8.04. The minimum absolute atomic E-state index is 0.184. The summed E-state index contributed by atoms with van der Waals surface area (Å²) in [6, 6.07) is 21.1. The molecule has 2 amide bonds. The number of hydrogen-bond acceptors (Lipinski definition) is 5. The van der Waals surface area contributed by atoms with Crippen molar-refractivity contribution in [2.24, 2.45) is 5.92 Å². The Bertz CT molecular complexity index is 1410. The average Bonchev–Trinajstić information content (AvgIpc) is 2.96. The van der Waals surface area contributed by atoms with Gasteiger partial charge < -0.3 is 14.5 Å². The number of piperidine rings is 1. The summed E-state index contributed by atoms with van der Waals surface area (Å²) >= 11 is 1.37. The molecule has 1 saturated heterocycles. The van der Waals surface area contributed by atoms with E-state index in [9.17, 15) is 18.8 Å². The zero-order valence-electron chi connectivity index (χ0n) is 21.6. The molecule has 200 valence electrons. The van der Waals surface area contributed by atoms with Gasteiger partial charge in [0.1, 0.15) is 5.82 Å². The highest BCUT2D eigenvalue weighted by Gasteiger charge is 2.33. The van der Waals surface area contributed by atoms with Crippen LogP contribution in [0.15, 0.2) is 82.6 Å². The number of anilines is 1. The van der Waals surface area contributed by atoms with Crippen molar-refractivity contribution >= 4 is 41.3 Å². The lowest BCUT2D eigenvalue weighted by Gasteiger charge is -2.33. The number of ether oxygens (including phenoxy) is 1. The van der Waals surface area contributed by atoms with E-state index in [-0.39, 0.29) is 36.1 Å². The summed E-state index contributed by atoms with van der Waals surface area (Å²) in [5.74, 6) is -1.33. The highest BCUT2D eigenvalue weighted by Crippen LogP contribution is 2.43. The number of rotatable bonds is 6. The van der Waals surface area contributed by atoms with Crippen LogP contribution in [0.3, 0.4) is 0 Å². The fourth-order valence-corrected chi connectivity index (χ4v) is 5.91. The molecule has 0 N–H and O–H groups in total. The molecule has 1 fully saturated rings. The van der Waals surface area contributed by atoms with Crippen molar-refractivity contribution in [1.29, 1.82) is 0 Å². The predicted molar refractivity (Wildman–Crippen MR) is 150 cm³/mol. The number of carbonyl (C=O) groups excluding carboxylic acids is 3. The summed E-state index contributed by atoms with van der Waals surface area (Å²) in [5.41, 5.74) is 2.76. The molecular formula is C31H29FN2O4S. The maximum atomic E-state index is 13.7. The van der Waals surface area contributed by atoms with Crippen LogP contribution < -0.4 is 4.90 Å². The molecule has 0 radical (unpaired) electrons. The van der Waals surface area contributed by atoms with Gasteiger partial charge in [-0.3, -0.25) is 14.4 Å². The fourth-order valence-electron chi connectivity index (χ4n) is 4.87. The summed E-state index contributed by atoms with van der Waals surface area (Å²) in [7, 11) is 0. The summed E-state index contributed by atoms with van der Waals surface area (Å²) in [6.45, 7) is 3.18. The zero-order valence-corrected chi connectivity index (χ0v) is 22.5. The van der Waals surface area contributed by atoms with Gasteiger partial charge in [-0.1, -0.05) is 54.2 Å². The van der Waals surface area contributed by atoms with Crippen molar-refractivity contribution in [2.45, 2.75) is 31.2 Å². The Morgan fingerprint density at radius 2 is 1.85 bits per heavy atom. The number of esters is 1. The van der Waals surface area contributed by atoms with Crippen LogP contribution >= 0.6 is 11.8 Å². The van der Waals surface area contributed by atoms with E-state index in [0.29, 0.717) is 42.3 Å². The number of amides is 2. The molecule has 0 bridgehead atoms. The van der Waals surface area contributed by atoms with Crippen molar-refractivity contribution in [2.75, 3.05) is 24.6 Å². The number of fused-ring (bicyclic) bond motifs is 1. The quantitative estimate of drug-likeness (QED) is 0.285. The smallest absolute Gasteiger partial charge is 0.310 e. The second kappa shape index (κ2) is 11.9. The van der Waals surface area contributed by atoms with E-state index in [1.54, 1.807) is 41.0 Å². The molecule has 6 nitrogen and oxygen atoms in total. The predicted octanol–water partition coefficient (Wildman–Crippen LogP) is 5.92. The molecule has 5 rings (SSSR count). The van der Waals surface area contributed by atoms with Gasteiger partial charge in [0.15, 0.2) is 0 Å². The summed E-state index contributed by atoms with van der Waals surface area (Å²) < 4.78 is 18.7. The van der Waals surface area contributed by atoms with Gasteiger partial charge in [-0.2, -0.15) is 0 Å². The molecule has 0 aromatic heterocycles.